The molecule has 0 spiro atoms. The van der Waals surface area contributed by atoms with E-state index in [1.165, 1.54) is 11.3 Å². The minimum atomic E-state index is -0.525. The zero-order valence-electron chi connectivity index (χ0n) is 16.5. The Labute approximate surface area is 181 Å². The van der Waals surface area contributed by atoms with Crippen LogP contribution in [0.15, 0.2) is 48.5 Å². The van der Waals surface area contributed by atoms with E-state index in [0.717, 1.165) is 4.90 Å². The van der Waals surface area contributed by atoms with Gasteiger partial charge in [0.05, 0.1) is 24.8 Å². The number of anilines is 1. The Kier molecular flexibility index (Phi) is 5.89. The molecule has 1 aliphatic rings. The molecule has 0 fully saturated rings. The van der Waals surface area contributed by atoms with Gasteiger partial charge in [-0.1, -0.05) is 35.6 Å². The van der Waals surface area contributed by atoms with Gasteiger partial charge in [0, 0.05) is 6.42 Å². The third-order valence-electron chi connectivity index (χ3n) is 4.54. The number of nitrogens with zero attached hydrogens (tertiary/aromatic N) is 3. The molecule has 0 bridgehead atoms. The predicted octanol–water partition coefficient (Wildman–Crippen LogP) is 2.40. The van der Waals surface area contributed by atoms with Gasteiger partial charge in [0.15, 0.2) is 11.5 Å². The molecule has 10 heteroatoms. The fourth-order valence-corrected chi connectivity index (χ4v) is 3.81. The summed E-state index contributed by atoms with van der Waals surface area (Å²) < 4.78 is 10.9. The van der Waals surface area contributed by atoms with E-state index in [1.807, 2.05) is 24.3 Å². The Balaban J connectivity index is 1.29. The molecule has 2 heterocycles. The van der Waals surface area contributed by atoms with Crippen LogP contribution in [0.5, 0.6) is 11.5 Å². The van der Waals surface area contributed by atoms with Crippen molar-refractivity contribution in [2.45, 2.75) is 6.42 Å². The Morgan fingerprint density at radius 3 is 2.32 bits per heavy atom. The first-order valence-electron chi connectivity index (χ1n) is 9.40. The van der Waals surface area contributed by atoms with Gasteiger partial charge >= 0.3 is 0 Å². The third kappa shape index (κ3) is 4.38. The number of ether oxygens (including phenoxy) is 2. The monoisotopic (exact) mass is 438 g/mol. The normalized spacial score (nSPS) is 12.6. The Hall–Kier alpha value is -3.79. The van der Waals surface area contributed by atoms with E-state index < -0.39 is 24.3 Å². The summed E-state index contributed by atoms with van der Waals surface area (Å²) >= 11 is 1.20. The number of fused-ring (bicyclic) bond motifs is 1. The number of hydrogen-bond donors (Lipinski definition) is 1. The highest BCUT2D eigenvalue weighted by Gasteiger charge is 2.36. The lowest BCUT2D eigenvalue weighted by molar-refractivity contribution is -0.116. The van der Waals surface area contributed by atoms with Crippen molar-refractivity contribution >= 4 is 34.2 Å². The molecule has 3 amide bonds. The highest BCUT2D eigenvalue weighted by atomic mass is 32.1. The number of benzene rings is 2. The van der Waals surface area contributed by atoms with E-state index in [9.17, 15) is 14.4 Å². The van der Waals surface area contributed by atoms with Crippen LogP contribution in [-0.2, 0) is 11.2 Å². The molecule has 0 saturated heterocycles. The highest BCUT2D eigenvalue weighted by molar-refractivity contribution is 7.15. The maximum Gasteiger partial charge on any atom is 0.262 e. The molecular weight excluding hydrogens is 420 g/mol. The summed E-state index contributed by atoms with van der Waals surface area (Å²) in [5, 5.41) is 11.5. The number of methoxy groups -OCH3 is 1. The smallest absolute Gasteiger partial charge is 0.262 e. The van der Waals surface area contributed by atoms with Crippen LogP contribution in [0.1, 0.15) is 25.7 Å². The third-order valence-corrected chi connectivity index (χ3v) is 5.43. The summed E-state index contributed by atoms with van der Waals surface area (Å²) in [6.07, 6.45) is 0.490. The second-order valence-corrected chi connectivity index (χ2v) is 7.60. The van der Waals surface area contributed by atoms with Gasteiger partial charge in [-0.15, -0.1) is 10.2 Å². The molecule has 3 aromatic rings. The highest BCUT2D eigenvalue weighted by Crippen LogP contribution is 2.26. The number of hydrogen-bond acceptors (Lipinski definition) is 8. The first-order valence-corrected chi connectivity index (χ1v) is 10.2. The minimum Gasteiger partial charge on any atom is -0.493 e. The quantitative estimate of drug-likeness (QED) is 0.538. The van der Waals surface area contributed by atoms with E-state index >= 15 is 0 Å². The standard InChI is InChI=1S/C21H18N4O5S/c1-29-15-8-4-5-9-16(15)30-11-10-18-23-24-21(31-18)22-17(26)12-25-19(27)13-6-2-3-7-14(13)20(25)28/h2-9H,10-12H2,1H3,(H,22,24,26). The summed E-state index contributed by atoms with van der Waals surface area (Å²) in [5.74, 6) is -0.225. The lowest BCUT2D eigenvalue weighted by Crippen LogP contribution is -2.37. The van der Waals surface area contributed by atoms with E-state index in [2.05, 4.69) is 15.5 Å². The topological polar surface area (TPSA) is 111 Å². The van der Waals surface area contributed by atoms with Crippen molar-refractivity contribution in [3.05, 3.63) is 64.7 Å². The zero-order chi connectivity index (χ0) is 21.8. The van der Waals surface area contributed by atoms with Crippen molar-refractivity contribution in [2.75, 3.05) is 25.6 Å². The SMILES string of the molecule is COc1ccccc1OCCc1nnc(NC(=O)CN2C(=O)c3ccccc3C2=O)s1. The molecule has 31 heavy (non-hydrogen) atoms. The summed E-state index contributed by atoms with van der Waals surface area (Å²) in [4.78, 5) is 38.0. The van der Waals surface area contributed by atoms with Gasteiger partial charge in [-0.25, -0.2) is 0 Å². The first kappa shape index (κ1) is 20.5. The van der Waals surface area contributed by atoms with E-state index in [4.69, 9.17) is 9.47 Å². The second kappa shape index (κ2) is 8.92. The minimum absolute atomic E-state index is 0.286. The largest absolute Gasteiger partial charge is 0.493 e. The lowest BCUT2D eigenvalue weighted by atomic mass is 10.1. The molecule has 1 aromatic heterocycles. The summed E-state index contributed by atoms with van der Waals surface area (Å²) in [7, 11) is 1.57. The predicted molar refractivity (Wildman–Crippen MR) is 113 cm³/mol. The Bertz CT molecular complexity index is 1110. The van der Waals surface area contributed by atoms with Gasteiger partial charge < -0.3 is 9.47 Å². The van der Waals surface area contributed by atoms with Crippen molar-refractivity contribution in [2.24, 2.45) is 0 Å². The molecule has 0 unspecified atom stereocenters. The average molecular weight is 438 g/mol. The van der Waals surface area contributed by atoms with Crippen LogP contribution >= 0.6 is 11.3 Å². The molecule has 2 aromatic carbocycles. The molecule has 0 aliphatic carbocycles. The summed E-state index contributed by atoms with van der Waals surface area (Å²) in [6.45, 7) is -0.0316. The number of carbonyl (C=O) groups is 3. The van der Waals surface area contributed by atoms with Gasteiger partial charge in [0.25, 0.3) is 11.8 Å². The number of rotatable bonds is 8. The zero-order valence-corrected chi connectivity index (χ0v) is 17.3. The van der Waals surface area contributed by atoms with Crippen LogP contribution in [-0.4, -0.2) is 53.1 Å². The van der Waals surface area contributed by atoms with Crippen molar-refractivity contribution in [3.8, 4) is 11.5 Å². The number of carbonyl (C=O) groups excluding carboxylic acids is 3. The molecule has 4 rings (SSSR count). The molecule has 1 aliphatic heterocycles. The summed E-state index contributed by atoms with van der Waals surface area (Å²) in [6, 6.07) is 13.8. The van der Waals surface area contributed by atoms with Gasteiger partial charge in [0.1, 0.15) is 11.6 Å². The number of aromatic nitrogens is 2. The van der Waals surface area contributed by atoms with Gasteiger partial charge in [-0.05, 0) is 24.3 Å². The van der Waals surface area contributed by atoms with Crippen molar-refractivity contribution < 1.29 is 23.9 Å². The molecular formula is C21H18N4O5S. The number of amides is 3. The van der Waals surface area contributed by atoms with Crippen molar-refractivity contribution in [1.82, 2.24) is 15.1 Å². The van der Waals surface area contributed by atoms with Crippen molar-refractivity contribution in [3.63, 3.8) is 0 Å². The molecule has 158 valence electrons. The molecule has 1 N–H and O–H groups in total. The average Bonchev–Trinajstić information content (AvgIpc) is 3.32. The second-order valence-electron chi connectivity index (χ2n) is 6.54. The molecule has 0 saturated carbocycles. The molecule has 9 nitrogen and oxygen atoms in total. The van der Waals surface area contributed by atoms with Crippen LogP contribution in [0, 0.1) is 0 Å². The number of imide groups is 1. The van der Waals surface area contributed by atoms with Crippen LogP contribution in [0.2, 0.25) is 0 Å². The van der Waals surface area contributed by atoms with Crippen LogP contribution in [0.25, 0.3) is 0 Å². The summed E-state index contributed by atoms with van der Waals surface area (Å²) in [5.41, 5.74) is 0.599. The van der Waals surface area contributed by atoms with Gasteiger partial charge in [-0.2, -0.15) is 0 Å². The van der Waals surface area contributed by atoms with Crippen LogP contribution < -0.4 is 14.8 Å². The fourth-order valence-electron chi connectivity index (χ4n) is 3.08. The van der Waals surface area contributed by atoms with Gasteiger partial charge in [-0.3, -0.25) is 24.6 Å². The first-order chi connectivity index (χ1) is 15.1. The maximum absolute atomic E-state index is 12.4. The number of para-hydroxylation sites is 2. The van der Waals surface area contributed by atoms with E-state index in [0.29, 0.717) is 40.7 Å². The van der Waals surface area contributed by atoms with Gasteiger partial charge in [0.2, 0.25) is 11.0 Å². The lowest BCUT2D eigenvalue weighted by Gasteiger charge is -2.12. The van der Waals surface area contributed by atoms with E-state index in [-0.39, 0.29) is 5.13 Å². The Morgan fingerprint density at radius 1 is 1.00 bits per heavy atom. The maximum atomic E-state index is 12.4. The van der Waals surface area contributed by atoms with Crippen LogP contribution in [0.3, 0.4) is 0 Å². The van der Waals surface area contributed by atoms with Crippen LogP contribution in [0.4, 0.5) is 5.13 Å². The van der Waals surface area contributed by atoms with E-state index in [1.54, 1.807) is 31.4 Å². The molecule has 0 atom stereocenters. The molecule has 0 radical (unpaired) electrons. The Morgan fingerprint density at radius 2 is 1.65 bits per heavy atom. The number of nitrogens with one attached hydrogen (secondary N) is 1. The fraction of sp³-hybridized carbons (Fsp3) is 0.190. The van der Waals surface area contributed by atoms with Crippen molar-refractivity contribution in [1.29, 1.82) is 0 Å².